The van der Waals surface area contributed by atoms with Crippen molar-refractivity contribution in [1.29, 1.82) is 0 Å². The van der Waals surface area contributed by atoms with Gasteiger partial charge in [0, 0.05) is 75.4 Å². The highest BCUT2D eigenvalue weighted by Gasteiger charge is 2.34. The number of amides is 5. The Labute approximate surface area is 400 Å². The van der Waals surface area contributed by atoms with Crippen LogP contribution >= 0.6 is 15.9 Å². The molecule has 2 saturated heterocycles. The molecule has 5 amide bonds. The molecule has 21 nitrogen and oxygen atoms in total. The molecule has 67 heavy (non-hydrogen) atoms. The summed E-state index contributed by atoms with van der Waals surface area (Å²) in [5.41, 5.74) is 2.96. The van der Waals surface area contributed by atoms with Gasteiger partial charge in [0.15, 0.2) is 6.29 Å². The molecule has 2 fully saturated rings. The van der Waals surface area contributed by atoms with Crippen LogP contribution in [0.4, 0.5) is 23.1 Å². The van der Waals surface area contributed by atoms with E-state index in [9.17, 15) is 33.3 Å². The number of benzene rings is 2. The molecule has 3 aliphatic heterocycles. The summed E-state index contributed by atoms with van der Waals surface area (Å²) < 4.78 is 37.7. The molecular weight excluding hydrogens is 957 g/mol. The minimum atomic E-state index is -1.24. The second kappa shape index (κ2) is 26.3. The molecule has 0 saturated carbocycles. The van der Waals surface area contributed by atoms with Crippen LogP contribution in [-0.2, 0) is 51.2 Å². The van der Waals surface area contributed by atoms with Gasteiger partial charge >= 0.3 is 0 Å². The van der Waals surface area contributed by atoms with E-state index in [1.54, 1.807) is 18.3 Å². The highest BCUT2D eigenvalue weighted by Crippen LogP contribution is 2.30. The van der Waals surface area contributed by atoms with Gasteiger partial charge in [0.2, 0.25) is 23.7 Å². The quantitative estimate of drug-likeness (QED) is 0.0277. The summed E-state index contributed by atoms with van der Waals surface area (Å²) in [5.74, 6) is -0.434. The number of hydrogen-bond donors (Lipinski definition) is 6. The number of carbonyl (C=O) groups excluding carboxylic acids is 6. The molecule has 0 bridgehead atoms. The fraction of sp³-hybridized carbons (Fsp3) is 0.500. The third-order valence-corrected chi connectivity index (χ3v) is 13.2. The van der Waals surface area contributed by atoms with Gasteiger partial charge in [-0.15, -0.1) is 4.31 Å². The number of carbonyl (C=O) groups is 6. The molecule has 2 aromatic carbocycles. The number of halogens is 1. The van der Waals surface area contributed by atoms with Gasteiger partial charge in [0.25, 0.3) is 11.8 Å². The Morgan fingerprint density at radius 1 is 0.940 bits per heavy atom. The van der Waals surface area contributed by atoms with Crippen molar-refractivity contribution in [3.8, 4) is 0 Å². The second-order valence-electron chi connectivity index (χ2n) is 15.7. The number of rotatable bonds is 27. The lowest BCUT2D eigenvalue weighted by Crippen LogP contribution is -2.53. The van der Waals surface area contributed by atoms with Crippen LogP contribution in [0, 0.1) is 0 Å². The van der Waals surface area contributed by atoms with E-state index in [0.717, 1.165) is 18.4 Å². The highest BCUT2D eigenvalue weighted by molar-refractivity contribution is 9.10. The molecule has 0 aliphatic carbocycles. The van der Waals surface area contributed by atoms with Gasteiger partial charge in [-0.25, -0.2) is 4.98 Å². The predicted molar refractivity (Wildman–Crippen MR) is 251 cm³/mol. The average Bonchev–Trinajstić information content (AvgIpc) is 3.71. The number of fused-ring (bicyclic) bond motifs is 1. The van der Waals surface area contributed by atoms with E-state index in [1.807, 2.05) is 22.5 Å². The molecule has 2 unspecified atom stereocenters. The number of nitrogens with one attached hydrogen (secondary N) is 6. The lowest BCUT2D eigenvalue weighted by Gasteiger charge is -2.32. The molecular formula is C44H57BrN10O11S. The van der Waals surface area contributed by atoms with Crippen LogP contribution in [0.1, 0.15) is 68.7 Å². The van der Waals surface area contributed by atoms with E-state index in [0.29, 0.717) is 124 Å². The summed E-state index contributed by atoms with van der Waals surface area (Å²) in [6.45, 7) is 4.98. The zero-order valence-electron chi connectivity index (χ0n) is 37.3. The van der Waals surface area contributed by atoms with Gasteiger partial charge < -0.3 is 55.0 Å². The van der Waals surface area contributed by atoms with E-state index in [4.69, 9.17) is 18.9 Å². The third-order valence-electron chi connectivity index (χ3n) is 11.1. The number of imide groups is 1. The molecule has 3 aromatic rings. The smallest absolute Gasteiger partial charge is 0.255 e. The number of nitrogens with zero attached hydrogens (tertiary/aromatic N) is 4. The van der Waals surface area contributed by atoms with Crippen LogP contribution in [-0.4, -0.2) is 163 Å². The Hall–Kier alpha value is -5.27. The number of ether oxygens (including phenoxy) is 4. The first kappa shape index (κ1) is 51.1. The van der Waals surface area contributed by atoms with E-state index >= 15 is 0 Å². The summed E-state index contributed by atoms with van der Waals surface area (Å²) in [4.78, 5) is 83.9. The SMILES string of the molecule is CN(C(=O)c1cccc(NCCOCCOCCOCCOCCC(=O)NCC[S+]([O-])N2CCC(Nc3ncc(Br)c(Nc4cccc5c4C(=O)NC5)n3)CC2)c1C=O)C1CCC(=O)NC1=O. The van der Waals surface area contributed by atoms with Crippen molar-refractivity contribution in [2.75, 3.05) is 108 Å². The molecule has 2 atom stereocenters. The molecule has 0 spiro atoms. The molecule has 6 N–H and O–H groups in total. The van der Waals surface area contributed by atoms with Crippen LogP contribution in [0.5, 0.6) is 0 Å². The lowest BCUT2D eigenvalue weighted by atomic mass is 10.0. The van der Waals surface area contributed by atoms with Crippen LogP contribution in [0.25, 0.3) is 0 Å². The average molecular weight is 1010 g/mol. The Morgan fingerprint density at radius 3 is 2.34 bits per heavy atom. The normalized spacial score (nSPS) is 16.7. The summed E-state index contributed by atoms with van der Waals surface area (Å²) in [7, 11) is 1.47. The lowest BCUT2D eigenvalue weighted by molar-refractivity contribution is -0.136. The van der Waals surface area contributed by atoms with Crippen molar-refractivity contribution in [3.63, 3.8) is 0 Å². The standard InChI is InChI=1S/C44H57BrN10O11S/c1-54(36-8-9-38(58)52-41(36)59)43(61)31-5-3-6-34(32(31)28-56)46-13-18-64-20-22-66-24-23-65-21-19-63-17-12-37(57)47-14-25-67(62)55-15-10-30(11-16-55)50-44-49-27-33(45)40(53-44)51-35-7-2-4-29-26-48-42(60)39(29)35/h2-7,27-28,30,36,46H,8-26H2,1H3,(H,47,57)(H,48,60)(H,52,58,59)(H2,49,50,51,53). The molecule has 23 heteroatoms. The van der Waals surface area contributed by atoms with Crippen molar-refractivity contribution < 1.29 is 52.3 Å². The van der Waals surface area contributed by atoms with Crippen LogP contribution < -0.4 is 31.9 Å². The van der Waals surface area contributed by atoms with Gasteiger partial charge in [-0.05, 0) is 59.0 Å². The summed E-state index contributed by atoms with van der Waals surface area (Å²) in [5, 5.41) is 17.7. The van der Waals surface area contributed by atoms with E-state index in [2.05, 4.69) is 57.8 Å². The zero-order valence-corrected chi connectivity index (χ0v) is 39.7. The Morgan fingerprint density at radius 2 is 1.63 bits per heavy atom. The largest absolute Gasteiger partial charge is 0.598 e. The Balaban J connectivity index is 0.732. The topological polar surface area (TPSA) is 267 Å². The monoisotopic (exact) mass is 1010 g/mol. The first-order valence-electron chi connectivity index (χ1n) is 22.1. The number of aldehydes is 1. The molecule has 6 rings (SSSR count). The maximum Gasteiger partial charge on any atom is 0.255 e. The number of aromatic nitrogens is 2. The minimum Gasteiger partial charge on any atom is -0.598 e. The van der Waals surface area contributed by atoms with Gasteiger partial charge in [-0.3, -0.25) is 34.1 Å². The number of anilines is 4. The third kappa shape index (κ3) is 15.1. The molecule has 362 valence electrons. The fourth-order valence-corrected chi connectivity index (χ4v) is 8.96. The molecule has 4 heterocycles. The van der Waals surface area contributed by atoms with Gasteiger partial charge in [0.05, 0.1) is 86.3 Å². The van der Waals surface area contributed by atoms with Crippen LogP contribution in [0.3, 0.4) is 0 Å². The van der Waals surface area contributed by atoms with E-state index in [-0.39, 0.29) is 60.8 Å². The highest BCUT2D eigenvalue weighted by atomic mass is 79.9. The van der Waals surface area contributed by atoms with Crippen molar-refractivity contribution in [3.05, 3.63) is 69.3 Å². The van der Waals surface area contributed by atoms with E-state index in [1.165, 1.54) is 18.0 Å². The van der Waals surface area contributed by atoms with Crippen molar-refractivity contribution in [1.82, 2.24) is 35.1 Å². The molecule has 0 radical (unpaired) electrons. The Bertz CT molecular complexity index is 2200. The summed E-state index contributed by atoms with van der Waals surface area (Å²) >= 11 is 2.26. The summed E-state index contributed by atoms with van der Waals surface area (Å²) in [6, 6.07) is 9.77. The molecule has 3 aliphatic rings. The first-order chi connectivity index (χ1) is 32.5. The zero-order chi connectivity index (χ0) is 47.5. The number of hydrogen-bond acceptors (Lipinski definition) is 17. The van der Waals surface area contributed by atoms with Gasteiger partial charge in [-0.1, -0.05) is 18.2 Å². The first-order valence-corrected chi connectivity index (χ1v) is 24.2. The van der Waals surface area contributed by atoms with Crippen LogP contribution in [0.15, 0.2) is 47.1 Å². The van der Waals surface area contributed by atoms with Gasteiger partial charge in [0.1, 0.15) is 17.6 Å². The minimum absolute atomic E-state index is 0.0885. The van der Waals surface area contributed by atoms with Crippen LogP contribution in [0.2, 0.25) is 0 Å². The maximum atomic E-state index is 13.2. The van der Waals surface area contributed by atoms with E-state index < -0.39 is 29.2 Å². The maximum absolute atomic E-state index is 13.2. The predicted octanol–water partition coefficient (Wildman–Crippen LogP) is 2.14. The molecule has 1 aromatic heterocycles. The van der Waals surface area contributed by atoms with Crippen molar-refractivity contribution >= 4 is 86.3 Å². The van der Waals surface area contributed by atoms with Gasteiger partial charge in [-0.2, -0.15) is 4.98 Å². The van der Waals surface area contributed by atoms with Crippen molar-refractivity contribution in [2.24, 2.45) is 0 Å². The number of piperidine rings is 2. The fourth-order valence-electron chi connectivity index (χ4n) is 7.52. The number of likely N-dealkylation sites (N-methyl/N-ethyl adjacent to an activating group) is 1. The second-order valence-corrected chi connectivity index (χ2v) is 18.1. The van der Waals surface area contributed by atoms with Crippen molar-refractivity contribution in [2.45, 2.75) is 50.7 Å². The summed E-state index contributed by atoms with van der Waals surface area (Å²) in [6.07, 6.45) is 4.24. The Kier molecular flexibility index (Phi) is 20.1.